The average molecular weight is 324 g/mol. The Labute approximate surface area is 141 Å². The molecule has 124 valence electrons. The number of hydrogen-bond donors (Lipinski definition) is 2. The highest BCUT2D eigenvalue weighted by atomic mass is 16.5. The monoisotopic (exact) mass is 324 g/mol. The highest BCUT2D eigenvalue weighted by molar-refractivity contribution is 5.92. The molecule has 0 aliphatic carbocycles. The van der Waals surface area contributed by atoms with Gasteiger partial charge in [-0.3, -0.25) is 5.41 Å². The molecule has 0 saturated carbocycles. The smallest absolute Gasteiger partial charge is 0.141 e. The molecule has 1 heterocycles. The number of pyridine rings is 1. The number of amidine groups is 1. The Balaban J connectivity index is 1.56. The first kappa shape index (κ1) is 17.3. The minimum Gasteiger partial charge on any atom is -0.494 e. The lowest BCUT2D eigenvalue weighted by atomic mass is 10.2. The van der Waals surface area contributed by atoms with Crippen LogP contribution in [0.1, 0.15) is 30.5 Å². The lowest BCUT2D eigenvalue weighted by molar-refractivity contribution is 0.279. The first-order chi connectivity index (χ1) is 11.7. The number of benzene rings is 1. The van der Waals surface area contributed by atoms with E-state index in [1.165, 1.54) is 0 Å². The Morgan fingerprint density at radius 2 is 1.62 bits per heavy atom. The van der Waals surface area contributed by atoms with Gasteiger partial charge in [-0.05, 0) is 55.7 Å². The summed E-state index contributed by atoms with van der Waals surface area (Å²) in [5.41, 5.74) is 6.42. The SMILES string of the molecule is N#Cc1ccc(OCCCCCOc2ccc(C(=N)N)nc2)cc1. The summed E-state index contributed by atoms with van der Waals surface area (Å²) >= 11 is 0. The van der Waals surface area contributed by atoms with E-state index in [0.717, 1.165) is 25.0 Å². The predicted molar refractivity (Wildman–Crippen MR) is 91.3 cm³/mol. The van der Waals surface area contributed by atoms with Gasteiger partial charge in [0.15, 0.2) is 0 Å². The Hall–Kier alpha value is -3.07. The third-order valence-corrected chi connectivity index (χ3v) is 3.32. The second-order valence-electron chi connectivity index (χ2n) is 5.19. The molecule has 0 aliphatic heterocycles. The van der Waals surface area contributed by atoms with E-state index in [1.807, 2.05) is 0 Å². The van der Waals surface area contributed by atoms with Crippen molar-refractivity contribution in [1.82, 2.24) is 4.98 Å². The zero-order chi connectivity index (χ0) is 17.2. The van der Waals surface area contributed by atoms with E-state index in [9.17, 15) is 0 Å². The van der Waals surface area contributed by atoms with Crippen LogP contribution in [0.5, 0.6) is 11.5 Å². The van der Waals surface area contributed by atoms with E-state index in [-0.39, 0.29) is 5.84 Å². The molecule has 0 aliphatic rings. The van der Waals surface area contributed by atoms with Crippen LogP contribution in [0, 0.1) is 16.7 Å². The highest BCUT2D eigenvalue weighted by Crippen LogP contribution is 2.13. The molecule has 3 N–H and O–H groups in total. The van der Waals surface area contributed by atoms with E-state index in [1.54, 1.807) is 42.6 Å². The van der Waals surface area contributed by atoms with Gasteiger partial charge in [0, 0.05) is 0 Å². The third-order valence-electron chi connectivity index (χ3n) is 3.32. The maximum atomic E-state index is 8.72. The normalized spacial score (nSPS) is 9.96. The van der Waals surface area contributed by atoms with Crippen LogP contribution in [0.4, 0.5) is 0 Å². The first-order valence-corrected chi connectivity index (χ1v) is 7.75. The van der Waals surface area contributed by atoms with Crippen molar-refractivity contribution in [3.63, 3.8) is 0 Å². The standard InChI is InChI=1S/C18H20N4O2/c19-12-14-4-6-15(7-5-14)23-10-2-1-3-11-24-16-8-9-17(18(20)21)22-13-16/h4-9,13H,1-3,10-11H2,(H3,20,21). The van der Waals surface area contributed by atoms with Crippen molar-refractivity contribution in [2.75, 3.05) is 13.2 Å². The van der Waals surface area contributed by atoms with Crippen molar-refractivity contribution in [1.29, 1.82) is 10.7 Å². The number of nitrogens with zero attached hydrogens (tertiary/aromatic N) is 2. The number of nitrogen functional groups attached to an aromatic ring is 1. The van der Waals surface area contributed by atoms with E-state index in [2.05, 4.69) is 11.1 Å². The molecular weight excluding hydrogens is 304 g/mol. The number of nitriles is 1. The molecule has 0 spiro atoms. The molecular formula is C18H20N4O2. The van der Waals surface area contributed by atoms with Crippen LogP contribution < -0.4 is 15.2 Å². The topological polar surface area (TPSA) is 105 Å². The Morgan fingerprint density at radius 3 is 2.17 bits per heavy atom. The van der Waals surface area contributed by atoms with Crippen molar-refractivity contribution in [3.8, 4) is 17.6 Å². The fraction of sp³-hybridized carbons (Fsp3) is 0.278. The fourth-order valence-corrected chi connectivity index (χ4v) is 2.01. The fourth-order valence-electron chi connectivity index (χ4n) is 2.01. The van der Waals surface area contributed by atoms with Gasteiger partial charge in [0.2, 0.25) is 0 Å². The molecule has 1 aromatic carbocycles. The zero-order valence-electron chi connectivity index (χ0n) is 13.4. The largest absolute Gasteiger partial charge is 0.494 e. The molecule has 6 heteroatoms. The van der Waals surface area contributed by atoms with Crippen molar-refractivity contribution < 1.29 is 9.47 Å². The summed E-state index contributed by atoms with van der Waals surface area (Å²) in [4.78, 5) is 4.04. The molecule has 0 unspecified atom stereocenters. The van der Waals surface area contributed by atoms with Crippen molar-refractivity contribution >= 4 is 5.84 Å². The van der Waals surface area contributed by atoms with E-state index >= 15 is 0 Å². The molecule has 6 nitrogen and oxygen atoms in total. The van der Waals surface area contributed by atoms with Crippen LogP contribution in [0.3, 0.4) is 0 Å². The molecule has 0 bridgehead atoms. The summed E-state index contributed by atoms with van der Waals surface area (Å²) in [7, 11) is 0. The van der Waals surface area contributed by atoms with Crippen LogP contribution in [0.2, 0.25) is 0 Å². The molecule has 2 aromatic rings. The van der Waals surface area contributed by atoms with Gasteiger partial charge >= 0.3 is 0 Å². The summed E-state index contributed by atoms with van der Waals surface area (Å²) in [5.74, 6) is 1.40. The van der Waals surface area contributed by atoms with Gasteiger partial charge in [-0.1, -0.05) is 0 Å². The summed E-state index contributed by atoms with van der Waals surface area (Å²) in [5, 5.41) is 16.0. The molecule has 24 heavy (non-hydrogen) atoms. The third kappa shape index (κ3) is 5.61. The Bertz CT molecular complexity index is 690. The summed E-state index contributed by atoms with van der Waals surface area (Å²) in [6.45, 7) is 1.25. The van der Waals surface area contributed by atoms with Crippen molar-refractivity contribution in [3.05, 3.63) is 53.9 Å². The molecule has 0 saturated heterocycles. The van der Waals surface area contributed by atoms with Gasteiger partial charge in [0.05, 0.1) is 31.0 Å². The maximum Gasteiger partial charge on any atom is 0.141 e. The Morgan fingerprint density at radius 1 is 1.00 bits per heavy atom. The lowest BCUT2D eigenvalue weighted by Crippen LogP contribution is -2.12. The number of aromatic nitrogens is 1. The quantitative estimate of drug-likeness (QED) is 0.419. The van der Waals surface area contributed by atoms with Gasteiger partial charge < -0.3 is 15.2 Å². The maximum absolute atomic E-state index is 8.72. The van der Waals surface area contributed by atoms with Crippen molar-refractivity contribution in [2.24, 2.45) is 5.73 Å². The number of unbranched alkanes of at least 4 members (excludes halogenated alkanes) is 2. The number of hydrogen-bond acceptors (Lipinski definition) is 5. The van der Waals surface area contributed by atoms with Gasteiger partial charge in [-0.25, -0.2) is 4.98 Å². The van der Waals surface area contributed by atoms with E-state index in [0.29, 0.717) is 30.2 Å². The van der Waals surface area contributed by atoms with Crippen LogP contribution in [-0.2, 0) is 0 Å². The average Bonchev–Trinajstić information content (AvgIpc) is 2.62. The molecule has 0 amide bonds. The van der Waals surface area contributed by atoms with Gasteiger partial charge in [0.1, 0.15) is 23.0 Å². The van der Waals surface area contributed by atoms with Gasteiger partial charge in [-0.2, -0.15) is 5.26 Å². The molecule has 2 rings (SSSR count). The van der Waals surface area contributed by atoms with Gasteiger partial charge in [0.25, 0.3) is 0 Å². The molecule has 0 fully saturated rings. The van der Waals surface area contributed by atoms with Crippen LogP contribution in [0.15, 0.2) is 42.6 Å². The van der Waals surface area contributed by atoms with E-state index < -0.39 is 0 Å². The molecule has 1 aromatic heterocycles. The van der Waals surface area contributed by atoms with Crippen LogP contribution in [0.25, 0.3) is 0 Å². The summed E-state index contributed by atoms with van der Waals surface area (Å²) in [6.07, 6.45) is 4.43. The van der Waals surface area contributed by atoms with Gasteiger partial charge in [-0.15, -0.1) is 0 Å². The summed E-state index contributed by atoms with van der Waals surface area (Å²) < 4.78 is 11.2. The second-order valence-corrected chi connectivity index (χ2v) is 5.19. The number of ether oxygens (including phenoxy) is 2. The van der Waals surface area contributed by atoms with Crippen LogP contribution >= 0.6 is 0 Å². The number of rotatable bonds is 9. The second kappa shape index (κ2) is 9.16. The molecule has 0 atom stereocenters. The van der Waals surface area contributed by atoms with E-state index in [4.69, 9.17) is 25.9 Å². The predicted octanol–water partition coefficient (Wildman–Crippen LogP) is 2.87. The molecule has 0 radical (unpaired) electrons. The number of nitrogens with one attached hydrogen (secondary N) is 1. The summed E-state index contributed by atoms with van der Waals surface area (Å²) in [6, 6.07) is 12.6. The highest BCUT2D eigenvalue weighted by Gasteiger charge is 2.00. The minimum atomic E-state index is -0.0520. The first-order valence-electron chi connectivity index (χ1n) is 7.75. The number of nitrogens with two attached hydrogens (primary N) is 1. The van der Waals surface area contributed by atoms with Crippen molar-refractivity contribution in [2.45, 2.75) is 19.3 Å². The minimum absolute atomic E-state index is 0.0520. The zero-order valence-corrected chi connectivity index (χ0v) is 13.4. The Kier molecular flexibility index (Phi) is 6.59. The van der Waals surface area contributed by atoms with Crippen LogP contribution in [-0.4, -0.2) is 24.0 Å². The lowest BCUT2D eigenvalue weighted by Gasteiger charge is -2.07.